The zero-order chi connectivity index (χ0) is 12.3. The highest BCUT2D eigenvalue weighted by Gasteiger charge is 2.30. The summed E-state index contributed by atoms with van der Waals surface area (Å²) in [5, 5.41) is 0. The van der Waals surface area contributed by atoms with E-state index in [1.807, 2.05) is 0 Å². The van der Waals surface area contributed by atoms with Crippen LogP contribution in [-0.2, 0) is 0 Å². The summed E-state index contributed by atoms with van der Waals surface area (Å²) in [6.07, 6.45) is 7.84. The van der Waals surface area contributed by atoms with Crippen LogP contribution in [0.2, 0.25) is 0 Å². The highest BCUT2D eigenvalue weighted by molar-refractivity contribution is 4.87. The van der Waals surface area contributed by atoms with Gasteiger partial charge < -0.3 is 10.6 Å². The summed E-state index contributed by atoms with van der Waals surface area (Å²) in [5.74, 6) is 0. The van der Waals surface area contributed by atoms with Crippen molar-refractivity contribution in [1.29, 1.82) is 0 Å². The second kappa shape index (κ2) is 6.17. The largest absolute Gasteiger partial charge is 0.328 e. The first-order chi connectivity index (χ1) is 8.20. The fraction of sp³-hybridized carbons (Fsp3) is 1.00. The molecule has 100 valence electrons. The number of hydrogen-bond acceptors (Lipinski definition) is 3. The topological polar surface area (TPSA) is 32.5 Å². The molecule has 17 heavy (non-hydrogen) atoms. The first-order valence-electron chi connectivity index (χ1n) is 7.40. The van der Waals surface area contributed by atoms with Crippen LogP contribution in [0.15, 0.2) is 0 Å². The van der Waals surface area contributed by atoms with Gasteiger partial charge in [-0.3, -0.25) is 4.90 Å². The first kappa shape index (κ1) is 13.3. The molecule has 0 bridgehead atoms. The van der Waals surface area contributed by atoms with Gasteiger partial charge >= 0.3 is 0 Å². The molecule has 0 radical (unpaired) electrons. The Hall–Kier alpha value is -0.120. The lowest BCUT2D eigenvalue weighted by atomic mass is 9.89. The van der Waals surface area contributed by atoms with Crippen molar-refractivity contribution in [3.63, 3.8) is 0 Å². The quantitative estimate of drug-likeness (QED) is 0.813. The lowest BCUT2D eigenvalue weighted by Gasteiger charge is -2.43. The minimum Gasteiger partial charge on any atom is -0.328 e. The van der Waals surface area contributed by atoms with Crippen molar-refractivity contribution in [2.45, 2.75) is 63.6 Å². The molecule has 0 aromatic carbocycles. The van der Waals surface area contributed by atoms with Crippen LogP contribution in [0.25, 0.3) is 0 Å². The Morgan fingerprint density at radius 1 is 1.12 bits per heavy atom. The normalized spacial score (nSPS) is 36.4. The third-order valence-corrected chi connectivity index (χ3v) is 4.64. The summed E-state index contributed by atoms with van der Waals surface area (Å²) in [7, 11) is 2.26. The smallest absolute Gasteiger partial charge is 0.0226 e. The van der Waals surface area contributed by atoms with Gasteiger partial charge in [0.25, 0.3) is 0 Å². The maximum Gasteiger partial charge on any atom is 0.0226 e. The standard InChI is InChI=1S/C14H29N3/c1-3-17(13-8-6-12(15)7-9-13)14-5-4-10-16(2)11-14/h12-14H,3-11,15H2,1-2H3. The molecule has 2 fully saturated rings. The summed E-state index contributed by atoms with van der Waals surface area (Å²) in [4.78, 5) is 5.26. The van der Waals surface area contributed by atoms with Crippen molar-refractivity contribution in [3.05, 3.63) is 0 Å². The third kappa shape index (κ3) is 3.43. The van der Waals surface area contributed by atoms with E-state index in [2.05, 4.69) is 23.8 Å². The number of piperidine rings is 1. The van der Waals surface area contributed by atoms with Crippen molar-refractivity contribution in [1.82, 2.24) is 9.80 Å². The zero-order valence-electron chi connectivity index (χ0n) is 11.6. The SMILES string of the molecule is CCN(C1CCC(N)CC1)C1CCCN(C)C1. The predicted octanol–water partition coefficient (Wildman–Crippen LogP) is 1.67. The number of nitrogens with two attached hydrogens (primary N) is 1. The molecular formula is C14H29N3. The number of nitrogens with zero attached hydrogens (tertiary/aromatic N) is 2. The van der Waals surface area contributed by atoms with Crippen molar-refractivity contribution < 1.29 is 0 Å². The Morgan fingerprint density at radius 3 is 2.41 bits per heavy atom. The van der Waals surface area contributed by atoms with Crippen LogP contribution >= 0.6 is 0 Å². The van der Waals surface area contributed by atoms with E-state index in [9.17, 15) is 0 Å². The summed E-state index contributed by atoms with van der Waals surface area (Å²) in [6.45, 7) is 6.07. The van der Waals surface area contributed by atoms with E-state index < -0.39 is 0 Å². The fourth-order valence-corrected chi connectivity index (χ4v) is 3.66. The first-order valence-corrected chi connectivity index (χ1v) is 7.40. The van der Waals surface area contributed by atoms with E-state index in [4.69, 9.17) is 5.73 Å². The molecule has 2 N–H and O–H groups in total. The predicted molar refractivity (Wildman–Crippen MR) is 73.1 cm³/mol. The molecule has 1 saturated heterocycles. The molecule has 1 aliphatic carbocycles. The molecular weight excluding hydrogens is 210 g/mol. The van der Waals surface area contributed by atoms with Gasteiger partial charge in [0, 0.05) is 24.7 Å². The van der Waals surface area contributed by atoms with E-state index in [0.29, 0.717) is 6.04 Å². The Morgan fingerprint density at radius 2 is 1.82 bits per heavy atom. The van der Waals surface area contributed by atoms with E-state index >= 15 is 0 Å². The molecule has 0 spiro atoms. The lowest BCUT2D eigenvalue weighted by molar-refractivity contribution is 0.0599. The van der Waals surface area contributed by atoms with Crippen LogP contribution in [0, 0.1) is 0 Å². The van der Waals surface area contributed by atoms with Crippen molar-refractivity contribution >= 4 is 0 Å². The van der Waals surface area contributed by atoms with Crippen LogP contribution in [0.3, 0.4) is 0 Å². The summed E-state index contributed by atoms with van der Waals surface area (Å²) in [5.41, 5.74) is 6.01. The molecule has 1 saturated carbocycles. The number of likely N-dealkylation sites (N-methyl/N-ethyl adjacent to an activating group) is 2. The van der Waals surface area contributed by atoms with Gasteiger partial charge in [-0.1, -0.05) is 6.92 Å². The van der Waals surface area contributed by atoms with Crippen LogP contribution in [0.5, 0.6) is 0 Å². The van der Waals surface area contributed by atoms with Gasteiger partial charge in [-0.2, -0.15) is 0 Å². The number of hydrogen-bond donors (Lipinski definition) is 1. The van der Waals surface area contributed by atoms with Gasteiger partial charge in [0.05, 0.1) is 0 Å². The molecule has 0 aromatic rings. The second-order valence-corrected chi connectivity index (χ2v) is 5.96. The average Bonchev–Trinajstić information content (AvgIpc) is 2.33. The van der Waals surface area contributed by atoms with E-state index in [1.54, 1.807) is 0 Å². The molecule has 0 amide bonds. The summed E-state index contributed by atoms with van der Waals surface area (Å²) in [6, 6.07) is 2.06. The van der Waals surface area contributed by atoms with Gasteiger partial charge in [-0.15, -0.1) is 0 Å². The van der Waals surface area contributed by atoms with E-state index in [1.165, 1.54) is 58.2 Å². The van der Waals surface area contributed by atoms with Gasteiger partial charge in [-0.25, -0.2) is 0 Å². The van der Waals surface area contributed by atoms with Crippen LogP contribution < -0.4 is 5.73 Å². The average molecular weight is 239 g/mol. The fourth-order valence-electron chi connectivity index (χ4n) is 3.66. The van der Waals surface area contributed by atoms with Crippen LogP contribution in [0.1, 0.15) is 45.4 Å². The van der Waals surface area contributed by atoms with Crippen molar-refractivity contribution in [3.8, 4) is 0 Å². The number of likely N-dealkylation sites (tertiary alicyclic amines) is 1. The monoisotopic (exact) mass is 239 g/mol. The Bertz CT molecular complexity index is 224. The van der Waals surface area contributed by atoms with Crippen LogP contribution in [0.4, 0.5) is 0 Å². The highest BCUT2D eigenvalue weighted by atomic mass is 15.2. The second-order valence-electron chi connectivity index (χ2n) is 5.96. The molecule has 1 unspecified atom stereocenters. The Kier molecular flexibility index (Phi) is 4.83. The lowest BCUT2D eigenvalue weighted by Crippen LogP contribution is -2.52. The van der Waals surface area contributed by atoms with Crippen LogP contribution in [-0.4, -0.2) is 54.6 Å². The van der Waals surface area contributed by atoms with Crippen molar-refractivity contribution in [2.75, 3.05) is 26.7 Å². The van der Waals surface area contributed by atoms with Gasteiger partial charge in [0.1, 0.15) is 0 Å². The molecule has 1 atom stereocenters. The Labute approximate surface area is 106 Å². The van der Waals surface area contributed by atoms with Gasteiger partial charge in [0.2, 0.25) is 0 Å². The molecule has 1 heterocycles. The molecule has 0 aromatic heterocycles. The van der Waals surface area contributed by atoms with Gasteiger partial charge in [0.15, 0.2) is 0 Å². The highest BCUT2D eigenvalue weighted by Crippen LogP contribution is 2.26. The molecule has 2 aliphatic rings. The summed E-state index contributed by atoms with van der Waals surface area (Å²) >= 11 is 0. The Balaban J connectivity index is 1.90. The minimum absolute atomic E-state index is 0.471. The van der Waals surface area contributed by atoms with E-state index in [0.717, 1.165) is 12.1 Å². The maximum absolute atomic E-state index is 6.01. The maximum atomic E-state index is 6.01. The minimum atomic E-state index is 0.471. The zero-order valence-corrected chi connectivity index (χ0v) is 11.6. The van der Waals surface area contributed by atoms with Gasteiger partial charge in [-0.05, 0) is 58.7 Å². The summed E-state index contributed by atoms with van der Waals surface area (Å²) < 4.78 is 0. The van der Waals surface area contributed by atoms with Crippen molar-refractivity contribution in [2.24, 2.45) is 5.73 Å². The molecule has 1 aliphatic heterocycles. The van der Waals surface area contributed by atoms with E-state index in [-0.39, 0.29) is 0 Å². The molecule has 3 nitrogen and oxygen atoms in total. The third-order valence-electron chi connectivity index (χ3n) is 4.64. The molecule has 3 heteroatoms. The molecule has 2 rings (SSSR count). The number of rotatable bonds is 3.